The lowest BCUT2D eigenvalue weighted by molar-refractivity contribution is -0.130. The molecule has 0 saturated carbocycles. The van der Waals surface area contributed by atoms with Gasteiger partial charge in [0.25, 0.3) is 0 Å². The SMILES string of the molecule is CNCCCC(=O)N1CCCC1. The minimum absolute atomic E-state index is 0.336. The first-order chi connectivity index (χ1) is 5.84. The Bertz CT molecular complexity index is 141. The molecule has 1 aliphatic rings. The summed E-state index contributed by atoms with van der Waals surface area (Å²) in [4.78, 5) is 13.4. The largest absolute Gasteiger partial charge is 0.343 e. The van der Waals surface area contributed by atoms with E-state index < -0.39 is 0 Å². The Morgan fingerprint density at radius 2 is 2.08 bits per heavy atom. The maximum Gasteiger partial charge on any atom is 0.222 e. The van der Waals surface area contributed by atoms with Gasteiger partial charge in [-0.3, -0.25) is 4.79 Å². The predicted octanol–water partition coefficient (Wildman–Crippen LogP) is 0.608. The first-order valence-electron chi connectivity index (χ1n) is 4.77. The molecule has 1 aliphatic heterocycles. The molecule has 70 valence electrons. The van der Waals surface area contributed by atoms with Gasteiger partial charge >= 0.3 is 0 Å². The Labute approximate surface area is 74.1 Å². The normalized spacial score (nSPS) is 16.9. The lowest BCUT2D eigenvalue weighted by Gasteiger charge is -2.14. The van der Waals surface area contributed by atoms with Crippen LogP contribution in [-0.2, 0) is 4.79 Å². The van der Waals surface area contributed by atoms with Crippen LogP contribution in [0.4, 0.5) is 0 Å². The van der Waals surface area contributed by atoms with Crippen LogP contribution in [0.1, 0.15) is 25.7 Å². The van der Waals surface area contributed by atoms with Crippen molar-refractivity contribution in [2.24, 2.45) is 0 Å². The summed E-state index contributed by atoms with van der Waals surface area (Å²) < 4.78 is 0. The van der Waals surface area contributed by atoms with Crippen molar-refractivity contribution in [1.82, 2.24) is 10.2 Å². The van der Waals surface area contributed by atoms with Gasteiger partial charge in [0.15, 0.2) is 0 Å². The van der Waals surface area contributed by atoms with Crippen molar-refractivity contribution < 1.29 is 4.79 Å². The smallest absolute Gasteiger partial charge is 0.222 e. The van der Waals surface area contributed by atoms with Crippen molar-refractivity contribution in [3.63, 3.8) is 0 Å². The van der Waals surface area contributed by atoms with E-state index in [1.54, 1.807) is 0 Å². The average Bonchev–Trinajstić information content (AvgIpc) is 2.56. The second-order valence-corrected chi connectivity index (χ2v) is 3.30. The molecule has 12 heavy (non-hydrogen) atoms. The Kier molecular flexibility index (Phi) is 4.08. The summed E-state index contributed by atoms with van der Waals surface area (Å²) in [5, 5.41) is 3.04. The highest BCUT2D eigenvalue weighted by Gasteiger charge is 2.16. The van der Waals surface area contributed by atoms with E-state index in [9.17, 15) is 4.79 Å². The third-order valence-electron chi connectivity index (χ3n) is 2.28. The number of hydrogen-bond acceptors (Lipinski definition) is 2. The quantitative estimate of drug-likeness (QED) is 0.627. The fourth-order valence-electron chi connectivity index (χ4n) is 1.54. The molecule has 3 heteroatoms. The first-order valence-corrected chi connectivity index (χ1v) is 4.77. The van der Waals surface area contributed by atoms with E-state index in [0.717, 1.165) is 26.1 Å². The summed E-state index contributed by atoms with van der Waals surface area (Å²) in [5.41, 5.74) is 0. The van der Waals surface area contributed by atoms with Gasteiger partial charge in [-0.2, -0.15) is 0 Å². The van der Waals surface area contributed by atoms with Crippen LogP contribution in [0.25, 0.3) is 0 Å². The van der Waals surface area contributed by atoms with E-state index in [1.807, 2.05) is 11.9 Å². The van der Waals surface area contributed by atoms with Gasteiger partial charge in [0.2, 0.25) is 5.91 Å². The van der Waals surface area contributed by atoms with E-state index in [-0.39, 0.29) is 0 Å². The minimum Gasteiger partial charge on any atom is -0.343 e. The van der Waals surface area contributed by atoms with Gasteiger partial charge in [-0.05, 0) is 32.9 Å². The number of rotatable bonds is 4. The Hall–Kier alpha value is -0.570. The fourth-order valence-corrected chi connectivity index (χ4v) is 1.54. The van der Waals surface area contributed by atoms with Gasteiger partial charge in [-0.15, -0.1) is 0 Å². The predicted molar refractivity (Wildman–Crippen MR) is 49.0 cm³/mol. The maximum absolute atomic E-state index is 11.4. The van der Waals surface area contributed by atoms with Gasteiger partial charge in [-0.25, -0.2) is 0 Å². The molecule has 1 N–H and O–H groups in total. The summed E-state index contributed by atoms with van der Waals surface area (Å²) >= 11 is 0. The summed E-state index contributed by atoms with van der Waals surface area (Å²) in [6, 6.07) is 0. The van der Waals surface area contributed by atoms with Crippen molar-refractivity contribution in [3.8, 4) is 0 Å². The van der Waals surface area contributed by atoms with Crippen LogP contribution < -0.4 is 5.32 Å². The van der Waals surface area contributed by atoms with Crippen molar-refractivity contribution >= 4 is 5.91 Å². The molecule has 1 amide bonds. The third-order valence-corrected chi connectivity index (χ3v) is 2.28. The van der Waals surface area contributed by atoms with Gasteiger partial charge in [0.05, 0.1) is 0 Å². The zero-order valence-corrected chi connectivity index (χ0v) is 7.81. The zero-order valence-electron chi connectivity index (χ0n) is 7.81. The molecule has 0 atom stereocenters. The fraction of sp³-hybridized carbons (Fsp3) is 0.889. The molecule has 0 aliphatic carbocycles. The number of nitrogens with one attached hydrogen (secondary N) is 1. The second kappa shape index (κ2) is 5.14. The van der Waals surface area contributed by atoms with Gasteiger partial charge < -0.3 is 10.2 Å². The molecular weight excluding hydrogens is 152 g/mol. The van der Waals surface area contributed by atoms with Crippen LogP contribution in [0, 0.1) is 0 Å². The topological polar surface area (TPSA) is 32.3 Å². The van der Waals surface area contributed by atoms with Crippen molar-refractivity contribution in [3.05, 3.63) is 0 Å². The van der Waals surface area contributed by atoms with E-state index in [1.165, 1.54) is 12.8 Å². The van der Waals surface area contributed by atoms with Gasteiger partial charge in [-0.1, -0.05) is 0 Å². The molecule has 1 saturated heterocycles. The molecule has 1 heterocycles. The van der Waals surface area contributed by atoms with Crippen LogP contribution in [0.2, 0.25) is 0 Å². The molecule has 0 spiro atoms. The molecule has 0 unspecified atom stereocenters. The Morgan fingerprint density at radius 1 is 1.42 bits per heavy atom. The summed E-state index contributed by atoms with van der Waals surface area (Å²) in [7, 11) is 1.92. The van der Waals surface area contributed by atoms with Crippen LogP contribution >= 0.6 is 0 Å². The van der Waals surface area contributed by atoms with Crippen molar-refractivity contribution in [2.75, 3.05) is 26.7 Å². The van der Waals surface area contributed by atoms with E-state index >= 15 is 0 Å². The van der Waals surface area contributed by atoms with Gasteiger partial charge in [0.1, 0.15) is 0 Å². The number of likely N-dealkylation sites (tertiary alicyclic amines) is 1. The number of carbonyl (C=O) groups is 1. The lowest BCUT2D eigenvalue weighted by Crippen LogP contribution is -2.28. The average molecular weight is 170 g/mol. The zero-order chi connectivity index (χ0) is 8.81. The molecule has 0 aromatic heterocycles. The number of carbonyl (C=O) groups excluding carboxylic acids is 1. The molecule has 1 fully saturated rings. The maximum atomic E-state index is 11.4. The van der Waals surface area contributed by atoms with Crippen LogP contribution in [0.15, 0.2) is 0 Å². The Morgan fingerprint density at radius 3 is 2.67 bits per heavy atom. The molecular formula is C9H18N2O. The van der Waals surface area contributed by atoms with E-state index in [4.69, 9.17) is 0 Å². The third kappa shape index (κ3) is 2.81. The molecule has 0 aromatic rings. The van der Waals surface area contributed by atoms with Crippen molar-refractivity contribution in [1.29, 1.82) is 0 Å². The highest BCUT2D eigenvalue weighted by molar-refractivity contribution is 5.76. The first kappa shape index (κ1) is 9.52. The molecule has 3 nitrogen and oxygen atoms in total. The number of nitrogens with zero attached hydrogens (tertiary/aromatic N) is 1. The highest BCUT2D eigenvalue weighted by atomic mass is 16.2. The lowest BCUT2D eigenvalue weighted by atomic mass is 10.3. The standard InChI is InChI=1S/C9H18N2O/c1-10-6-4-5-9(12)11-7-2-3-8-11/h10H,2-8H2,1H3. The molecule has 1 rings (SSSR count). The number of hydrogen-bond donors (Lipinski definition) is 1. The minimum atomic E-state index is 0.336. The summed E-state index contributed by atoms with van der Waals surface area (Å²) in [5.74, 6) is 0.336. The van der Waals surface area contributed by atoms with Crippen molar-refractivity contribution in [2.45, 2.75) is 25.7 Å². The van der Waals surface area contributed by atoms with Crippen LogP contribution in [-0.4, -0.2) is 37.5 Å². The van der Waals surface area contributed by atoms with E-state index in [0.29, 0.717) is 12.3 Å². The second-order valence-electron chi connectivity index (χ2n) is 3.30. The Balaban J connectivity index is 2.10. The molecule has 0 bridgehead atoms. The molecule has 0 radical (unpaired) electrons. The van der Waals surface area contributed by atoms with Crippen LogP contribution in [0.5, 0.6) is 0 Å². The van der Waals surface area contributed by atoms with E-state index in [2.05, 4.69) is 5.32 Å². The monoisotopic (exact) mass is 170 g/mol. The molecule has 0 aromatic carbocycles. The van der Waals surface area contributed by atoms with Crippen LogP contribution in [0.3, 0.4) is 0 Å². The highest BCUT2D eigenvalue weighted by Crippen LogP contribution is 2.09. The van der Waals surface area contributed by atoms with Gasteiger partial charge in [0, 0.05) is 19.5 Å². The summed E-state index contributed by atoms with van der Waals surface area (Å²) in [6.07, 6.45) is 4.06. The summed E-state index contributed by atoms with van der Waals surface area (Å²) in [6.45, 7) is 2.91. The number of amides is 1.